The lowest BCUT2D eigenvalue weighted by Crippen LogP contribution is -2.00. The average Bonchev–Trinajstić information content (AvgIpc) is 2.93. The number of nitrogens with one attached hydrogen (secondary N) is 1. The third-order valence-electron chi connectivity index (χ3n) is 3.04. The van der Waals surface area contributed by atoms with Crippen molar-refractivity contribution in [2.45, 2.75) is 13.5 Å². The zero-order chi connectivity index (χ0) is 13.8. The summed E-state index contributed by atoms with van der Waals surface area (Å²) >= 11 is 1.66. The highest BCUT2D eigenvalue weighted by molar-refractivity contribution is 7.16. The predicted molar refractivity (Wildman–Crippen MR) is 84.6 cm³/mol. The summed E-state index contributed by atoms with van der Waals surface area (Å²) in [6.07, 6.45) is 0. The number of hydrogen-bond acceptors (Lipinski definition) is 4. The van der Waals surface area contributed by atoms with Crippen LogP contribution < -0.4 is 10.1 Å². The Hall–Kier alpha value is -2.07. The van der Waals surface area contributed by atoms with Crippen molar-refractivity contribution >= 4 is 27.2 Å². The van der Waals surface area contributed by atoms with E-state index in [-0.39, 0.29) is 0 Å². The van der Waals surface area contributed by atoms with Crippen LogP contribution in [0.2, 0.25) is 0 Å². The summed E-state index contributed by atoms with van der Waals surface area (Å²) in [7, 11) is 0. The van der Waals surface area contributed by atoms with Gasteiger partial charge in [-0.3, -0.25) is 0 Å². The molecule has 3 rings (SSSR count). The molecule has 3 aromatic rings. The van der Waals surface area contributed by atoms with Crippen LogP contribution in [0, 0.1) is 0 Å². The van der Waals surface area contributed by atoms with Gasteiger partial charge in [0, 0.05) is 12.2 Å². The molecule has 4 heteroatoms. The minimum Gasteiger partial charge on any atom is -0.494 e. The smallest absolute Gasteiger partial charge is 0.119 e. The number of nitrogens with zero attached hydrogens (tertiary/aromatic N) is 1. The molecular formula is C16H16N2OS. The molecule has 0 fully saturated rings. The highest BCUT2D eigenvalue weighted by Crippen LogP contribution is 2.22. The van der Waals surface area contributed by atoms with Gasteiger partial charge in [-0.15, -0.1) is 11.3 Å². The second-order valence-electron chi connectivity index (χ2n) is 4.47. The topological polar surface area (TPSA) is 34.1 Å². The Labute approximate surface area is 122 Å². The van der Waals surface area contributed by atoms with Crippen molar-refractivity contribution in [3.63, 3.8) is 0 Å². The summed E-state index contributed by atoms with van der Waals surface area (Å²) in [6, 6.07) is 14.4. The third kappa shape index (κ3) is 2.91. The fraction of sp³-hybridized carbons (Fsp3) is 0.188. The van der Waals surface area contributed by atoms with Crippen molar-refractivity contribution in [2.24, 2.45) is 0 Å². The molecular weight excluding hydrogens is 268 g/mol. The van der Waals surface area contributed by atoms with Gasteiger partial charge in [0.1, 0.15) is 5.75 Å². The van der Waals surface area contributed by atoms with Crippen LogP contribution in [-0.4, -0.2) is 11.6 Å². The molecule has 0 bridgehead atoms. The van der Waals surface area contributed by atoms with Crippen molar-refractivity contribution in [1.29, 1.82) is 0 Å². The fourth-order valence-electron chi connectivity index (χ4n) is 2.08. The first-order valence-corrected chi connectivity index (χ1v) is 7.52. The molecule has 102 valence electrons. The van der Waals surface area contributed by atoms with Crippen LogP contribution in [0.1, 0.15) is 12.5 Å². The summed E-state index contributed by atoms with van der Waals surface area (Å²) in [5.41, 5.74) is 5.25. The number of hydrogen-bond donors (Lipinski definition) is 1. The van der Waals surface area contributed by atoms with Crippen molar-refractivity contribution in [2.75, 3.05) is 11.9 Å². The molecule has 20 heavy (non-hydrogen) atoms. The Morgan fingerprint density at radius 1 is 1.20 bits per heavy atom. The Kier molecular flexibility index (Phi) is 3.83. The van der Waals surface area contributed by atoms with Gasteiger partial charge in [0.2, 0.25) is 0 Å². The van der Waals surface area contributed by atoms with Gasteiger partial charge in [0.25, 0.3) is 0 Å². The summed E-state index contributed by atoms with van der Waals surface area (Å²) in [6.45, 7) is 3.47. The van der Waals surface area contributed by atoms with Crippen LogP contribution >= 0.6 is 11.3 Å². The van der Waals surface area contributed by atoms with E-state index in [0.717, 1.165) is 23.5 Å². The lowest BCUT2D eigenvalue weighted by Gasteiger charge is -2.08. The van der Waals surface area contributed by atoms with Crippen LogP contribution in [0.4, 0.5) is 5.69 Å². The van der Waals surface area contributed by atoms with E-state index in [2.05, 4.69) is 34.6 Å². The molecule has 0 saturated heterocycles. The van der Waals surface area contributed by atoms with Crippen LogP contribution in [0.15, 0.2) is 48.0 Å². The molecule has 2 aromatic carbocycles. The molecule has 0 spiro atoms. The largest absolute Gasteiger partial charge is 0.494 e. The van der Waals surface area contributed by atoms with E-state index >= 15 is 0 Å². The summed E-state index contributed by atoms with van der Waals surface area (Å²) in [4.78, 5) is 4.28. The number of anilines is 1. The zero-order valence-corrected chi connectivity index (χ0v) is 12.1. The van der Waals surface area contributed by atoms with E-state index < -0.39 is 0 Å². The van der Waals surface area contributed by atoms with Gasteiger partial charge in [0.05, 0.1) is 22.3 Å². The average molecular weight is 284 g/mol. The van der Waals surface area contributed by atoms with Crippen LogP contribution in [0.3, 0.4) is 0 Å². The normalized spacial score (nSPS) is 10.7. The molecule has 1 N–H and O–H groups in total. The zero-order valence-electron chi connectivity index (χ0n) is 11.3. The standard InChI is InChI=1S/C16H16N2OS/c1-2-19-14-5-3-4-12(8-14)10-17-13-6-7-15-16(9-13)20-11-18-15/h3-9,11,17H,2,10H2,1H3. The molecule has 0 unspecified atom stereocenters. The van der Waals surface area contributed by atoms with Crippen LogP contribution in [0.5, 0.6) is 5.75 Å². The van der Waals surface area contributed by atoms with Gasteiger partial charge in [-0.2, -0.15) is 0 Å². The number of benzene rings is 2. The predicted octanol–water partition coefficient (Wildman–Crippen LogP) is 4.31. The summed E-state index contributed by atoms with van der Waals surface area (Å²) < 4.78 is 6.72. The second-order valence-corrected chi connectivity index (χ2v) is 5.36. The Balaban J connectivity index is 1.70. The van der Waals surface area contributed by atoms with E-state index in [0.29, 0.717) is 6.61 Å². The van der Waals surface area contributed by atoms with Crippen molar-refractivity contribution in [3.05, 3.63) is 53.5 Å². The lowest BCUT2D eigenvalue weighted by molar-refractivity contribution is 0.340. The van der Waals surface area contributed by atoms with Gasteiger partial charge in [0.15, 0.2) is 0 Å². The first-order chi connectivity index (χ1) is 9.85. The monoisotopic (exact) mass is 284 g/mol. The van der Waals surface area contributed by atoms with E-state index in [9.17, 15) is 0 Å². The van der Waals surface area contributed by atoms with Crippen molar-refractivity contribution < 1.29 is 4.74 Å². The van der Waals surface area contributed by atoms with E-state index in [1.807, 2.05) is 30.6 Å². The van der Waals surface area contributed by atoms with E-state index in [4.69, 9.17) is 4.74 Å². The maximum absolute atomic E-state index is 5.51. The quantitative estimate of drug-likeness (QED) is 0.758. The van der Waals surface area contributed by atoms with E-state index in [1.165, 1.54) is 10.3 Å². The fourth-order valence-corrected chi connectivity index (χ4v) is 2.80. The summed E-state index contributed by atoms with van der Waals surface area (Å²) in [5.74, 6) is 0.921. The minimum absolute atomic E-state index is 0.693. The molecule has 0 radical (unpaired) electrons. The Bertz CT molecular complexity index is 708. The molecule has 1 heterocycles. The molecule has 0 aliphatic carbocycles. The first-order valence-electron chi connectivity index (χ1n) is 6.64. The van der Waals surface area contributed by atoms with Crippen molar-refractivity contribution in [1.82, 2.24) is 4.98 Å². The molecule has 0 atom stereocenters. The third-order valence-corrected chi connectivity index (χ3v) is 3.83. The lowest BCUT2D eigenvalue weighted by atomic mass is 10.2. The molecule has 1 aromatic heterocycles. The second kappa shape index (κ2) is 5.92. The van der Waals surface area contributed by atoms with E-state index in [1.54, 1.807) is 11.3 Å². The Morgan fingerprint density at radius 2 is 2.15 bits per heavy atom. The van der Waals surface area contributed by atoms with Gasteiger partial charge < -0.3 is 10.1 Å². The number of fused-ring (bicyclic) bond motifs is 1. The van der Waals surface area contributed by atoms with Gasteiger partial charge in [-0.05, 0) is 42.8 Å². The minimum atomic E-state index is 0.693. The Morgan fingerprint density at radius 3 is 3.05 bits per heavy atom. The molecule has 0 saturated carbocycles. The number of ether oxygens (including phenoxy) is 1. The van der Waals surface area contributed by atoms with Crippen LogP contribution in [0.25, 0.3) is 10.2 Å². The van der Waals surface area contributed by atoms with Gasteiger partial charge in [-0.25, -0.2) is 4.98 Å². The molecule has 3 nitrogen and oxygen atoms in total. The highest BCUT2D eigenvalue weighted by Gasteiger charge is 2.00. The maximum atomic E-state index is 5.51. The number of aromatic nitrogens is 1. The number of thiazole rings is 1. The maximum Gasteiger partial charge on any atom is 0.119 e. The SMILES string of the molecule is CCOc1cccc(CNc2ccc3ncsc3c2)c1. The summed E-state index contributed by atoms with van der Waals surface area (Å²) in [5, 5.41) is 3.44. The molecule has 0 amide bonds. The first kappa shape index (κ1) is 12.9. The molecule has 0 aliphatic rings. The van der Waals surface area contributed by atoms with Crippen LogP contribution in [-0.2, 0) is 6.54 Å². The van der Waals surface area contributed by atoms with Crippen molar-refractivity contribution in [3.8, 4) is 5.75 Å². The van der Waals surface area contributed by atoms with Gasteiger partial charge in [-0.1, -0.05) is 12.1 Å². The number of rotatable bonds is 5. The highest BCUT2D eigenvalue weighted by atomic mass is 32.1. The molecule has 0 aliphatic heterocycles. The van der Waals surface area contributed by atoms with Gasteiger partial charge >= 0.3 is 0 Å².